The summed E-state index contributed by atoms with van der Waals surface area (Å²) in [4.78, 5) is 0. The Morgan fingerprint density at radius 1 is 1.10 bits per heavy atom. The molecule has 0 aromatic heterocycles. The molecule has 0 saturated heterocycles. The molecule has 2 aromatic rings. The maximum absolute atomic E-state index is 6.03. The molecular weight excluding hydrogens is 270 g/mol. The van der Waals surface area contributed by atoms with Gasteiger partial charge in [-0.05, 0) is 43.5 Å². The number of benzene rings is 2. The number of ether oxygens (including phenoxy) is 1. The minimum absolute atomic E-state index is 0.653. The molecule has 3 heteroatoms. The zero-order valence-corrected chi connectivity index (χ0v) is 12.5. The van der Waals surface area contributed by atoms with Crippen molar-refractivity contribution in [1.82, 2.24) is 0 Å². The zero-order valence-electron chi connectivity index (χ0n) is 11.7. The van der Waals surface area contributed by atoms with Gasteiger partial charge in [0.05, 0.1) is 12.3 Å². The summed E-state index contributed by atoms with van der Waals surface area (Å²) in [6.45, 7) is 3.53. The lowest BCUT2D eigenvalue weighted by molar-refractivity contribution is 0.341. The van der Waals surface area contributed by atoms with E-state index in [9.17, 15) is 0 Å². The van der Waals surface area contributed by atoms with Crippen molar-refractivity contribution >= 4 is 17.3 Å². The fourth-order valence-corrected chi connectivity index (χ4v) is 2.25. The third-order valence-corrected chi connectivity index (χ3v) is 3.28. The molecule has 106 valence electrons. The van der Waals surface area contributed by atoms with E-state index in [2.05, 4.69) is 29.6 Å². The van der Waals surface area contributed by atoms with Gasteiger partial charge in [0.2, 0.25) is 0 Å². The van der Waals surface area contributed by atoms with Crippen LogP contribution >= 0.6 is 11.6 Å². The number of aryl methyl sites for hydroxylation is 1. The molecule has 0 aliphatic heterocycles. The van der Waals surface area contributed by atoms with Crippen molar-refractivity contribution in [3.05, 3.63) is 59.1 Å². The Morgan fingerprint density at radius 2 is 1.90 bits per heavy atom. The van der Waals surface area contributed by atoms with Crippen LogP contribution in [0.25, 0.3) is 0 Å². The molecule has 0 spiro atoms. The highest BCUT2D eigenvalue weighted by Crippen LogP contribution is 2.28. The first kappa shape index (κ1) is 14.7. The minimum Gasteiger partial charge on any atom is -0.492 e. The van der Waals surface area contributed by atoms with Crippen LogP contribution in [0.3, 0.4) is 0 Å². The van der Waals surface area contributed by atoms with Gasteiger partial charge in [0.15, 0.2) is 0 Å². The molecule has 0 aliphatic rings. The number of halogens is 1. The summed E-state index contributed by atoms with van der Waals surface area (Å²) >= 11 is 6.03. The smallest absolute Gasteiger partial charge is 0.142 e. The largest absolute Gasteiger partial charge is 0.492 e. The van der Waals surface area contributed by atoms with Crippen LogP contribution < -0.4 is 10.1 Å². The van der Waals surface area contributed by atoms with Gasteiger partial charge in [-0.2, -0.15) is 0 Å². The van der Waals surface area contributed by atoms with Gasteiger partial charge in [-0.25, -0.2) is 0 Å². The third kappa shape index (κ3) is 4.46. The molecule has 2 aromatic carbocycles. The predicted octanol–water partition coefficient (Wildman–Crippen LogP) is 4.78. The average Bonchev–Trinajstić information content (AvgIpc) is 2.47. The van der Waals surface area contributed by atoms with Crippen molar-refractivity contribution in [1.29, 1.82) is 0 Å². The van der Waals surface area contributed by atoms with Gasteiger partial charge < -0.3 is 10.1 Å². The van der Waals surface area contributed by atoms with Crippen molar-refractivity contribution in [2.75, 3.05) is 18.5 Å². The van der Waals surface area contributed by atoms with E-state index in [1.165, 1.54) is 5.56 Å². The summed E-state index contributed by atoms with van der Waals surface area (Å²) < 4.78 is 5.59. The fourth-order valence-electron chi connectivity index (χ4n) is 2.08. The van der Waals surface area contributed by atoms with Gasteiger partial charge in [0, 0.05) is 11.6 Å². The third-order valence-electron chi connectivity index (χ3n) is 3.04. The van der Waals surface area contributed by atoms with Crippen LogP contribution in [-0.4, -0.2) is 13.2 Å². The fraction of sp³-hybridized carbons (Fsp3) is 0.294. The van der Waals surface area contributed by atoms with Crippen molar-refractivity contribution in [2.45, 2.75) is 19.8 Å². The molecule has 0 bridgehead atoms. The van der Waals surface area contributed by atoms with E-state index in [0.29, 0.717) is 6.61 Å². The minimum atomic E-state index is 0.653. The van der Waals surface area contributed by atoms with Crippen molar-refractivity contribution in [2.24, 2.45) is 0 Å². The molecule has 0 fully saturated rings. The lowest BCUT2D eigenvalue weighted by Crippen LogP contribution is -2.05. The van der Waals surface area contributed by atoms with Gasteiger partial charge in [0.1, 0.15) is 5.75 Å². The second-order valence-electron chi connectivity index (χ2n) is 4.59. The molecule has 2 nitrogen and oxygen atoms in total. The highest BCUT2D eigenvalue weighted by atomic mass is 35.5. The van der Waals surface area contributed by atoms with Gasteiger partial charge in [0.25, 0.3) is 0 Å². The highest BCUT2D eigenvalue weighted by molar-refractivity contribution is 6.30. The Hall–Kier alpha value is -1.67. The van der Waals surface area contributed by atoms with E-state index in [1.807, 2.05) is 31.2 Å². The van der Waals surface area contributed by atoms with E-state index < -0.39 is 0 Å². The first-order chi connectivity index (χ1) is 9.79. The van der Waals surface area contributed by atoms with E-state index in [-0.39, 0.29) is 0 Å². The van der Waals surface area contributed by atoms with Crippen molar-refractivity contribution in [3.63, 3.8) is 0 Å². The van der Waals surface area contributed by atoms with Gasteiger partial charge in [-0.1, -0.05) is 41.9 Å². The van der Waals surface area contributed by atoms with E-state index in [4.69, 9.17) is 16.3 Å². The van der Waals surface area contributed by atoms with Crippen LogP contribution in [-0.2, 0) is 6.42 Å². The molecule has 0 saturated carbocycles. The van der Waals surface area contributed by atoms with Crippen LogP contribution in [0.1, 0.15) is 18.9 Å². The van der Waals surface area contributed by atoms with Crippen molar-refractivity contribution < 1.29 is 4.74 Å². The molecular formula is C17H20ClNO. The second kappa shape index (κ2) is 7.81. The Labute approximate surface area is 125 Å². The highest BCUT2D eigenvalue weighted by Gasteiger charge is 2.03. The summed E-state index contributed by atoms with van der Waals surface area (Å²) in [5.74, 6) is 0.858. The summed E-state index contributed by atoms with van der Waals surface area (Å²) in [6, 6.07) is 16.2. The summed E-state index contributed by atoms with van der Waals surface area (Å²) in [5, 5.41) is 4.12. The topological polar surface area (TPSA) is 21.3 Å². The Bertz CT molecular complexity index is 528. The molecule has 0 radical (unpaired) electrons. The maximum atomic E-state index is 6.03. The molecule has 1 N–H and O–H groups in total. The molecule has 0 heterocycles. The van der Waals surface area contributed by atoms with Crippen LogP contribution in [0, 0.1) is 0 Å². The summed E-state index contributed by atoms with van der Waals surface area (Å²) in [6.07, 6.45) is 2.14. The van der Waals surface area contributed by atoms with Gasteiger partial charge >= 0.3 is 0 Å². The number of nitrogens with one attached hydrogen (secondary N) is 1. The summed E-state index contributed by atoms with van der Waals surface area (Å²) in [5.41, 5.74) is 2.33. The average molecular weight is 290 g/mol. The Morgan fingerprint density at radius 3 is 2.65 bits per heavy atom. The van der Waals surface area contributed by atoms with Crippen molar-refractivity contribution in [3.8, 4) is 5.75 Å². The standard InChI is InChI=1S/C17H20ClNO/c1-2-20-17-11-10-15(18)13-16(17)19-12-6-9-14-7-4-3-5-8-14/h3-5,7-8,10-11,13,19H,2,6,9,12H2,1H3. The number of hydrogen-bond acceptors (Lipinski definition) is 2. The second-order valence-corrected chi connectivity index (χ2v) is 5.03. The maximum Gasteiger partial charge on any atom is 0.142 e. The van der Waals surface area contributed by atoms with Crippen LogP contribution in [0.4, 0.5) is 5.69 Å². The molecule has 0 amide bonds. The Balaban J connectivity index is 1.85. The van der Waals surface area contributed by atoms with Crippen LogP contribution in [0.2, 0.25) is 5.02 Å². The lowest BCUT2D eigenvalue weighted by atomic mass is 10.1. The first-order valence-corrected chi connectivity index (χ1v) is 7.37. The molecule has 0 aliphatic carbocycles. The van der Waals surface area contributed by atoms with E-state index >= 15 is 0 Å². The SMILES string of the molecule is CCOc1ccc(Cl)cc1NCCCc1ccccc1. The van der Waals surface area contributed by atoms with Crippen LogP contribution in [0.15, 0.2) is 48.5 Å². The monoisotopic (exact) mass is 289 g/mol. The Kier molecular flexibility index (Phi) is 5.75. The van der Waals surface area contributed by atoms with E-state index in [0.717, 1.165) is 35.8 Å². The number of anilines is 1. The zero-order chi connectivity index (χ0) is 14.2. The van der Waals surface area contributed by atoms with E-state index in [1.54, 1.807) is 0 Å². The predicted molar refractivity (Wildman–Crippen MR) is 85.9 cm³/mol. The quantitative estimate of drug-likeness (QED) is 0.740. The summed E-state index contributed by atoms with van der Waals surface area (Å²) in [7, 11) is 0. The van der Waals surface area contributed by atoms with Crippen LogP contribution in [0.5, 0.6) is 5.75 Å². The molecule has 0 atom stereocenters. The normalized spacial score (nSPS) is 10.3. The molecule has 20 heavy (non-hydrogen) atoms. The molecule has 0 unspecified atom stereocenters. The van der Waals surface area contributed by atoms with Gasteiger partial charge in [-0.3, -0.25) is 0 Å². The molecule has 2 rings (SSSR count). The number of hydrogen-bond donors (Lipinski definition) is 1. The first-order valence-electron chi connectivity index (χ1n) is 6.99. The lowest BCUT2D eigenvalue weighted by Gasteiger charge is -2.12. The number of rotatable bonds is 7. The van der Waals surface area contributed by atoms with Gasteiger partial charge in [-0.15, -0.1) is 0 Å².